The first-order chi connectivity index (χ1) is 17.3. The van der Waals surface area contributed by atoms with Crippen LogP contribution in [0, 0.1) is 6.92 Å². The Morgan fingerprint density at radius 1 is 1.28 bits per heavy atom. The van der Waals surface area contributed by atoms with Gasteiger partial charge >= 0.3 is 5.69 Å². The molecule has 0 unspecified atom stereocenters. The molecule has 4 N–H and O–H groups in total. The monoisotopic (exact) mass is 485 g/mol. The van der Waals surface area contributed by atoms with Crippen LogP contribution in [0.25, 0.3) is 33.2 Å². The zero-order chi connectivity index (χ0) is 26.0. The Morgan fingerprint density at radius 3 is 2.72 bits per heavy atom. The van der Waals surface area contributed by atoms with E-state index in [-0.39, 0.29) is 5.69 Å². The van der Waals surface area contributed by atoms with Gasteiger partial charge < -0.3 is 21.1 Å². The second kappa shape index (κ2) is 10.1. The van der Waals surface area contributed by atoms with Crippen LogP contribution in [0.5, 0.6) is 0 Å². The number of aromatic nitrogens is 4. The van der Waals surface area contributed by atoms with E-state index in [1.807, 2.05) is 49.2 Å². The van der Waals surface area contributed by atoms with Gasteiger partial charge in [0.05, 0.1) is 40.7 Å². The number of hydrogen-bond acceptors (Lipinski definition) is 7. The van der Waals surface area contributed by atoms with Crippen molar-refractivity contribution < 1.29 is 4.74 Å². The summed E-state index contributed by atoms with van der Waals surface area (Å²) in [7, 11) is 5.37. The fraction of sp³-hybridized carbons (Fsp3) is 0.222. The van der Waals surface area contributed by atoms with Crippen LogP contribution >= 0.6 is 0 Å². The lowest BCUT2D eigenvalue weighted by atomic mass is 10.0. The molecule has 0 fully saturated rings. The maximum Gasteiger partial charge on any atom is 0.333 e. The van der Waals surface area contributed by atoms with Crippen LogP contribution in [0.1, 0.15) is 11.3 Å². The van der Waals surface area contributed by atoms with Crippen molar-refractivity contribution in [2.24, 2.45) is 18.5 Å². The number of nitrogens with two attached hydrogens (primary N) is 2. The first-order valence-corrected chi connectivity index (χ1v) is 11.5. The molecule has 9 heteroatoms. The Morgan fingerprint density at radius 2 is 2.06 bits per heavy atom. The van der Waals surface area contributed by atoms with Crippen molar-refractivity contribution >= 4 is 33.3 Å². The zero-order valence-electron chi connectivity index (χ0n) is 21.0. The van der Waals surface area contributed by atoms with E-state index in [4.69, 9.17) is 21.2 Å². The van der Waals surface area contributed by atoms with Gasteiger partial charge in [0.15, 0.2) is 0 Å². The van der Waals surface area contributed by atoms with Crippen LogP contribution in [-0.4, -0.2) is 46.4 Å². The number of nitrogens with zero attached hydrogens (tertiary/aromatic N) is 5. The van der Waals surface area contributed by atoms with Crippen molar-refractivity contribution in [3.63, 3.8) is 0 Å². The van der Waals surface area contributed by atoms with Crippen LogP contribution in [0.15, 0.2) is 72.0 Å². The van der Waals surface area contributed by atoms with E-state index in [1.54, 1.807) is 41.6 Å². The molecule has 36 heavy (non-hydrogen) atoms. The molecule has 1 aromatic carbocycles. The van der Waals surface area contributed by atoms with Crippen LogP contribution < -0.4 is 22.1 Å². The third kappa shape index (κ3) is 4.36. The Kier molecular flexibility index (Phi) is 6.93. The van der Waals surface area contributed by atoms with Crippen LogP contribution in [0.3, 0.4) is 0 Å². The lowest BCUT2D eigenvalue weighted by molar-refractivity contribution is 0.206. The largest absolute Gasteiger partial charge is 0.404 e. The van der Waals surface area contributed by atoms with Gasteiger partial charge in [-0.3, -0.25) is 14.1 Å². The van der Waals surface area contributed by atoms with E-state index in [0.29, 0.717) is 30.1 Å². The van der Waals surface area contributed by atoms with Crippen LogP contribution in [-0.2, 0) is 11.8 Å². The summed E-state index contributed by atoms with van der Waals surface area (Å²) in [5.74, 6) is 0.805. The normalized spacial score (nSPS) is 12.4. The van der Waals surface area contributed by atoms with Gasteiger partial charge in [0, 0.05) is 45.0 Å². The predicted molar refractivity (Wildman–Crippen MR) is 146 cm³/mol. The maximum absolute atomic E-state index is 13.5. The third-order valence-electron chi connectivity index (χ3n) is 6.26. The number of allylic oxidation sites excluding steroid dienone is 3. The van der Waals surface area contributed by atoms with E-state index in [9.17, 15) is 4.79 Å². The van der Waals surface area contributed by atoms with E-state index in [1.165, 1.54) is 6.20 Å². The molecule has 0 spiro atoms. The zero-order valence-corrected chi connectivity index (χ0v) is 21.0. The fourth-order valence-electron chi connectivity index (χ4n) is 4.20. The summed E-state index contributed by atoms with van der Waals surface area (Å²) in [6, 6.07) is 9.65. The van der Waals surface area contributed by atoms with Crippen LogP contribution in [0.2, 0.25) is 0 Å². The average molecular weight is 486 g/mol. The number of aryl methyl sites for hydroxylation is 2. The molecule has 0 saturated heterocycles. The highest BCUT2D eigenvalue weighted by atomic mass is 16.5. The number of hydrogen-bond donors (Lipinski definition) is 2. The number of methoxy groups -OCH3 is 1. The van der Waals surface area contributed by atoms with E-state index < -0.39 is 0 Å². The van der Waals surface area contributed by atoms with E-state index in [2.05, 4.69) is 11.6 Å². The maximum atomic E-state index is 13.5. The summed E-state index contributed by atoms with van der Waals surface area (Å²) in [5, 5.41) is 0.813. The summed E-state index contributed by atoms with van der Waals surface area (Å²) in [6.07, 6.45) is 6.54. The molecule has 0 amide bonds. The third-order valence-corrected chi connectivity index (χ3v) is 6.26. The minimum atomic E-state index is -0.180. The van der Waals surface area contributed by atoms with E-state index >= 15 is 0 Å². The minimum absolute atomic E-state index is 0.180. The number of fused-ring (bicyclic) bond motifs is 3. The number of ether oxygens (including phenoxy) is 1. The first-order valence-electron chi connectivity index (χ1n) is 11.5. The molecular weight excluding hydrogens is 454 g/mol. The van der Waals surface area contributed by atoms with Gasteiger partial charge in [0.25, 0.3) is 0 Å². The van der Waals surface area contributed by atoms with Gasteiger partial charge in [0.1, 0.15) is 5.82 Å². The Labute approximate surface area is 209 Å². The summed E-state index contributed by atoms with van der Waals surface area (Å²) in [5.41, 5.74) is 17.4. The highest BCUT2D eigenvalue weighted by Crippen LogP contribution is 2.29. The second-order valence-corrected chi connectivity index (χ2v) is 8.56. The van der Waals surface area contributed by atoms with Crippen molar-refractivity contribution in [1.29, 1.82) is 0 Å². The van der Waals surface area contributed by atoms with Gasteiger partial charge in [-0.1, -0.05) is 12.6 Å². The molecule has 0 aliphatic rings. The number of anilines is 1. The number of rotatable bonds is 8. The topological polar surface area (TPSA) is 117 Å². The lowest BCUT2D eigenvalue weighted by Gasteiger charge is -2.19. The minimum Gasteiger partial charge on any atom is -0.404 e. The highest BCUT2D eigenvalue weighted by molar-refractivity contribution is 6.04. The number of likely N-dealkylation sites (N-methyl/N-ethyl adjacent to an activating group) is 1. The van der Waals surface area contributed by atoms with Crippen molar-refractivity contribution in [2.45, 2.75) is 6.92 Å². The first kappa shape index (κ1) is 24.7. The molecule has 0 atom stereocenters. The van der Waals surface area contributed by atoms with E-state index in [0.717, 1.165) is 39.1 Å². The molecule has 3 heterocycles. The number of benzene rings is 1. The predicted octanol–water partition coefficient (Wildman–Crippen LogP) is 2.99. The SMILES string of the molecule is C=C/C(N)=C\C(=C/N)c1ccc2ncc3c(c2c1)n(-c1ccc(N(C)CCOC)nc1C)c(=O)n3C. The fourth-order valence-corrected chi connectivity index (χ4v) is 4.20. The molecule has 4 rings (SSSR count). The van der Waals surface area contributed by atoms with Crippen LogP contribution in [0.4, 0.5) is 5.82 Å². The molecule has 3 aromatic heterocycles. The summed E-state index contributed by atoms with van der Waals surface area (Å²) >= 11 is 0. The number of imidazole rings is 1. The standard InChI is InChI=1S/C27H31N7O2/c1-6-20(29)13-19(15-28)18-7-8-22-21(14-18)26-24(16-30-22)33(4)27(35)34(26)23-9-10-25(31-17(23)2)32(3)11-12-36-5/h6-10,13-16H,1,11-12,28-29H2,2-5H3/b19-15+,20-13+. The van der Waals surface area contributed by atoms with Crippen molar-refractivity contribution in [3.8, 4) is 5.69 Å². The van der Waals surface area contributed by atoms with Crippen molar-refractivity contribution in [2.75, 3.05) is 32.2 Å². The molecule has 0 aliphatic heterocycles. The molecular formula is C27H31N7O2. The summed E-state index contributed by atoms with van der Waals surface area (Å²) in [6.45, 7) is 6.91. The Balaban J connectivity index is 1.96. The number of pyridine rings is 2. The molecule has 9 nitrogen and oxygen atoms in total. The Hall–Kier alpha value is -4.37. The van der Waals surface area contributed by atoms with Gasteiger partial charge in [0.2, 0.25) is 0 Å². The van der Waals surface area contributed by atoms with Gasteiger partial charge in [-0.05, 0) is 54.5 Å². The summed E-state index contributed by atoms with van der Waals surface area (Å²) in [4.78, 5) is 24.9. The molecule has 0 saturated carbocycles. The van der Waals surface area contributed by atoms with Gasteiger partial charge in [-0.2, -0.15) is 0 Å². The molecule has 4 aromatic rings. The second-order valence-electron chi connectivity index (χ2n) is 8.56. The highest BCUT2D eigenvalue weighted by Gasteiger charge is 2.19. The lowest BCUT2D eigenvalue weighted by Crippen LogP contribution is -2.24. The molecule has 186 valence electrons. The van der Waals surface area contributed by atoms with Crippen molar-refractivity contribution in [1.82, 2.24) is 19.1 Å². The Bertz CT molecular complexity index is 1580. The van der Waals surface area contributed by atoms with Gasteiger partial charge in [-0.15, -0.1) is 0 Å². The van der Waals surface area contributed by atoms with Crippen molar-refractivity contribution in [3.05, 3.63) is 88.9 Å². The molecule has 0 aliphatic carbocycles. The summed E-state index contributed by atoms with van der Waals surface area (Å²) < 4.78 is 8.47. The van der Waals surface area contributed by atoms with Gasteiger partial charge in [-0.25, -0.2) is 9.78 Å². The molecule has 0 radical (unpaired) electrons. The average Bonchev–Trinajstić information content (AvgIpc) is 3.15. The quantitative estimate of drug-likeness (QED) is 0.369. The smallest absolute Gasteiger partial charge is 0.333 e. The molecule has 0 bridgehead atoms.